The lowest BCUT2D eigenvalue weighted by Crippen LogP contribution is -2.21. The smallest absolute Gasteiger partial charge is 0.338 e. The Bertz CT molecular complexity index is 901. The van der Waals surface area contributed by atoms with Crippen LogP contribution in [-0.2, 0) is 13.2 Å². The molecular formula is C16H9F7N3. The van der Waals surface area contributed by atoms with Gasteiger partial charge in [-0.2, -0.15) is 18.3 Å². The molecule has 2 aromatic rings. The van der Waals surface area contributed by atoms with Crippen LogP contribution >= 0.6 is 0 Å². The van der Waals surface area contributed by atoms with E-state index in [1.165, 1.54) is 0 Å². The summed E-state index contributed by atoms with van der Waals surface area (Å²) in [7, 11) is 1.11. The third-order valence-electron chi connectivity index (χ3n) is 3.62. The van der Waals surface area contributed by atoms with Crippen LogP contribution in [0.5, 0.6) is 0 Å². The molecule has 0 saturated carbocycles. The average molecular weight is 376 g/mol. The van der Waals surface area contributed by atoms with Gasteiger partial charge in [0.1, 0.15) is 23.3 Å². The van der Waals surface area contributed by atoms with Gasteiger partial charge in [0.2, 0.25) is 0 Å². The van der Waals surface area contributed by atoms with Crippen molar-refractivity contribution in [3.05, 3.63) is 59.5 Å². The molecule has 3 rings (SSSR count). The number of hydrogen-bond donors (Lipinski definition) is 0. The molecule has 1 aromatic heterocycles. The second-order valence-electron chi connectivity index (χ2n) is 5.46. The SMILES string of the molecule is Cn1nc(C(F)(F)F)cc1-c1c(F)cc(N2C=C(F)[C]=C(F)C2)cc1F. The zero-order valence-corrected chi connectivity index (χ0v) is 13.0. The van der Waals surface area contributed by atoms with E-state index in [0.29, 0.717) is 10.7 Å². The van der Waals surface area contributed by atoms with Crippen molar-refractivity contribution in [1.29, 1.82) is 0 Å². The minimum absolute atomic E-state index is 0.214. The van der Waals surface area contributed by atoms with Crippen molar-refractivity contribution in [2.45, 2.75) is 6.18 Å². The van der Waals surface area contributed by atoms with E-state index in [2.05, 4.69) is 5.10 Å². The van der Waals surface area contributed by atoms with Gasteiger partial charge < -0.3 is 4.90 Å². The normalized spacial score (nSPS) is 15.2. The highest BCUT2D eigenvalue weighted by Gasteiger charge is 2.35. The molecule has 137 valence electrons. The quantitative estimate of drug-likeness (QED) is 0.711. The molecule has 0 bridgehead atoms. The summed E-state index contributed by atoms with van der Waals surface area (Å²) >= 11 is 0. The van der Waals surface area contributed by atoms with E-state index in [1.54, 1.807) is 6.08 Å². The molecule has 0 unspecified atom stereocenters. The van der Waals surface area contributed by atoms with Gasteiger partial charge in [0.25, 0.3) is 0 Å². The molecule has 0 aliphatic carbocycles. The summed E-state index contributed by atoms with van der Waals surface area (Å²) in [5.74, 6) is -4.45. The Morgan fingerprint density at radius 2 is 1.65 bits per heavy atom. The highest BCUT2D eigenvalue weighted by molar-refractivity contribution is 5.67. The van der Waals surface area contributed by atoms with E-state index >= 15 is 0 Å². The second-order valence-corrected chi connectivity index (χ2v) is 5.46. The Morgan fingerprint density at radius 3 is 2.15 bits per heavy atom. The molecule has 3 nitrogen and oxygen atoms in total. The maximum atomic E-state index is 14.4. The van der Waals surface area contributed by atoms with E-state index in [0.717, 1.165) is 30.3 Å². The Hall–Kier alpha value is -2.78. The molecule has 2 heterocycles. The number of benzene rings is 1. The molecule has 1 aromatic carbocycles. The Labute approximate surface area is 142 Å². The van der Waals surface area contributed by atoms with Crippen molar-refractivity contribution in [3.8, 4) is 11.3 Å². The number of halogens is 7. The Balaban J connectivity index is 2.04. The standard InChI is InChI=1S/C16H9F7N3/c1-25-13(5-14(24-25)16(21,22)23)15-11(19)3-10(4-12(15)20)26-6-8(17)2-9(18)7-26/h3-6H,7H2,1H3. The molecule has 0 fully saturated rings. The number of aryl methyl sites for hydroxylation is 1. The highest BCUT2D eigenvalue weighted by atomic mass is 19.4. The predicted octanol–water partition coefficient (Wildman–Crippen LogP) is 4.67. The highest BCUT2D eigenvalue weighted by Crippen LogP contribution is 2.35. The molecule has 0 amide bonds. The summed E-state index contributed by atoms with van der Waals surface area (Å²) in [6, 6.07) is 2.04. The van der Waals surface area contributed by atoms with Crippen molar-refractivity contribution >= 4 is 5.69 Å². The van der Waals surface area contributed by atoms with Gasteiger partial charge in [-0.25, -0.2) is 17.6 Å². The fourth-order valence-corrected chi connectivity index (χ4v) is 2.51. The minimum atomic E-state index is -4.78. The molecule has 1 aliphatic heterocycles. The van der Waals surface area contributed by atoms with Gasteiger partial charge in [0.05, 0.1) is 23.9 Å². The average Bonchev–Trinajstić information content (AvgIpc) is 2.87. The number of aromatic nitrogens is 2. The van der Waals surface area contributed by atoms with Crippen molar-refractivity contribution in [2.75, 3.05) is 11.4 Å². The van der Waals surface area contributed by atoms with Gasteiger partial charge in [-0.1, -0.05) is 0 Å². The van der Waals surface area contributed by atoms with Gasteiger partial charge in [-0.05, 0) is 18.2 Å². The van der Waals surface area contributed by atoms with E-state index in [1.807, 2.05) is 0 Å². The number of hydrogen-bond acceptors (Lipinski definition) is 2. The van der Waals surface area contributed by atoms with Gasteiger partial charge in [0, 0.05) is 18.9 Å². The van der Waals surface area contributed by atoms with Crippen LogP contribution in [0.1, 0.15) is 5.69 Å². The van der Waals surface area contributed by atoms with Crippen LogP contribution in [0.4, 0.5) is 36.4 Å². The van der Waals surface area contributed by atoms with E-state index in [4.69, 9.17) is 0 Å². The van der Waals surface area contributed by atoms with Crippen molar-refractivity contribution in [3.63, 3.8) is 0 Å². The molecule has 0 spiro atoms. The molecule has 0 atom stereocenters. The van der Waals surface area contributed by atoms with Gasteiger partial charge in [-0.3, -0.25) is 4.68 Å². The molecule has 26 heavy (non-hydrogen) atoms. The lowest BCUT2D eigenvalue weighted by Gasteiger charge is -2.22. The van der Waals surface area contributed by atoms with Crippen LogP contribution in [0.25, 0.3) is 11.3 Å². The zero-order chi connectivity index (χ0) is 19.2. The van der Waals surface area contributed by atoms with Gasteiger partial charge >= 0.3 is 6.18 Å². The fourth-order valence-electron chi connectivity index (χ4n) is 2.51. The van der Waals surface area contributed by atoms with Crippen LogP contribution < -0.4 is 4.90 Å². The van der Waals surface area contributed by atoms with Crippen molar-refractivity contribution < 1.29 is 30.7 Å². The first-order valence-electron chi connectivity index (χ1n) is 7.09. The van der Waals surface area contributed by atoms with E-state index in [9.17, 15) is 30.7 Å². The molecular weight excluding hydrogens is 367 g/mol. The fraction of sp³-hybridized carbons (Fsp3) is 0.188. The first-order chi connectivity index (χ1) is 12.1. The number of nitrogens with zero attached hydrogens (tertiary/aromatic N) is 3. The summed E-state index contributed by atoms with van der Waals surface area (Å²) in [6.45, 7) is -0.490. The molecule has 1 radical (unpaired) electrons. The number of allylic oxidation sites excluding steroid dienone is 2. The maximum Gasteiger partial charge on any atom is 0.435 e. The number of anilines is 1. The topological polar surface area (TPSA) is 21.1 Å². The van der Waals surface area contributed by atoms with Crippen LogP contribution in [0.15, 0.2) is 36.1 Å². The second kappa shape index (κ2) is 6.19. The van der Waals surface area contributed by atoms with Crippen LogP contribution in [0, 0.1) is 17.7 Å². The number of alkyl halides is 3. The molecule has 0 saturated heterocycles. The van der Waals surface area contributed by atoms with Gasteiger partial charge in [0.15, 0.2) is 5.69 Å². The molecule has 1 aliphatic rings. The van der Waals surface area contributed by atoms with Crippen LogP contribution in [0.2, 0.25) is 0 Å². The summed E-state index contributed by atoms with van der Waals surface area (Å²) in [5, 5.41) is 3.20. The van der Waals surface area contributed by atoms with Crippen LogP contribution in [-0.4, -0.2) is 16.3 Å². The lowest BCUT2D eigenvalue weighted by molar-refractivity contribution is -0.141. The maximum absolute atomic E-state index is 14.4. The zero-order valence-electron chi connectivity index (χ0n) is 13.0. The Kier molecular flexibility index (Phi) is 4.29. The molecule has 10 heteroatoms. The third-order valence-corrected chi connectivity index (χ3v) is 3.62. The first-order valence-corrected chi connectivity index (χ1v) is 7.09. The summed E-state index contributed by atoms with van der Waals surface area (Å²) in [5.41, 5.74) is -2.68. The van der Waals surface area contributed by atoms with Crippen molar-refractivity contribution in [1.82, 2.24) is 9.78 Å². The predicted molar refractivity (Wildman–Crippen MR) is 78.0 cm³/mol. The number of rotatable bonds is 2. The summed E-state index contributed by atoms with van der Waals surface area (Å²) < 4.78 is 94.2. The van der Waals surface area contributed by atoms with Gasteiger partial charge in [-0.15, -0.1) is 0 Å². The minimum Gasteiger partial charge on any atom is -0.338 e. The summed E-state index contributed by atoms with van der Waals surface area (Å²) in [4.78, 5) is 0.904. The van der Waals surface area contributed by atoms with E-state index < -0.39 is 53.0 Å². The van der Waals surface area contributed by atoms with Crippen LogP contribution in [0.3, 0.4) is 0 Å². The summed E-state index contributed by atoms with van der Waals surface area (Å²) in [6.07, 6.45) is -2.22. The third kappa shape index (κ3) is 3.31. The van der Waals surface area contributed by atoms with E-state index in [-0.39, 0.29) is 5.69 Å². The molecule has 0 N–H and O–H groups in total. The van der Waals surface area contributed by atoms with Crippen molar-refractivity contribution in [2.24, 2.45) is 7.05 Å². The Morgan fingerprint density at radius 1 is 1.04 bits per heavy atom. The lowest BCUT2D eigenvalue weighted by atomic mass is 10.1. The monoisotopic (exact) mass is 376 g/mol. The largest absolute Gasteiger partial charge is 0.435 e. The first kappa shape index (κ1) is 18.0.